The lowest BCUT2D eigenvalue weighted by atomic mass is 10.2. The van der Waals surface area contributed by atoms with E-state index >= 15 is 0 Å². The van der Waals surface area contributed by atoms with Gasteiger partial charge in [-0.3, -0.25) is 9.97 Å². The molecule has 1 aromatic carbocycles. The summed E-state index contributed by atoms with van der Waals surface area (Å²) in [6, 6.07) is 6.26. The SMILES string of the molecule is Cc1nc(C)c(COC(=O)c2ccccc2O)nc1C. The van der Waals surface area contributed by atoms with E-state index in [2.05, 4.69) is 9.97 Å². The van der Waals surface area contributed by atoms with Crippen LogP contribution in [0, 0.1) is 20.8 Å². The number of aromatic nitrogens is 2. The van der Waals surface area contributed by atoms with Crippen molar-refractivity contribution in [3.8, 4) is 5.75 Å². The number of para-hydroxylation sites is 1. The monoisotopic (exact) mass is 272 g/mol. The van der Waals surface area contributed by atoms with Gasteiger partial charge < -0.3 is 9.84 Å². The Bertz CT molecular complexity index is 654. The van der Waals surface area contributed by atoms with E-state index in [4.69, 9.17) is 4.74 Å². The molecule has 5 nitrogen and oxygen atoms in total. The molecule has 5 heteroatoms. The minimum atomic E-state index is -0.581. The van der Waals surface area contributed by atoms with E-state index in [1.807, 2.05) is 20.8 Å². The number of hydrogen-bond donors (Lipinski definition) is 1. The number of rotatable bonds is 3. The molecule has 1 aromatic heterocycles. The van der Waals surface area contributed by atoms with Crippen LogP contribution in [0.5, 0.6) is 5.75 Å². The molecule has 0 saturated heterocycles. The Morgan fingerprint density at radius 3 is 2.45 bits per heavy atom. The normalized spacial score (nSPS) is 10.3. The Morgan fingerprint density at radius 2 is 1.75 bits per heavy atom. The second-order valence-corrected chi connectivity index (χ2v) is 4.52. The highest BCUT2D eigenvalue weighted by molar-refractivity contribution is 5.92. The Balaban J connectivity index is 2.12. The van der Waals surface area contributed by atoms with Crippen LogP contribution in [0.2, 0.25) is 0 Å². The predicted octanol–water partition coefficient (Wildman–Crippen LogP) is 2.46. The van der Waals surface area contributed by atoms with Gasteiger partial charge in [0, 0.05) is 0 Å². The number of carbonyl (C=O) groups is 1. The molecule has 1 N–H and O–H groups in total. The molecule has 1 heterocycles. The van der Waals surface area contributed by atoms with Gasteiger partial charge in [0.25, 0.3) is 0 Å². The largest absolute Gasteiger partial charge is 0.507 e. The van der Waals surface area contributed by atoms with Gasteiger partial charge in [-0.1, -0.05) is 12.1 Å². The molecule has 104 valence electrons. The van der Waals surface area contributed by atoms with Gasteiger partial charge in [-0.05, 0) is 32.9 Å². The van der Waals surface area contributed by atoms with Gasteiger partial charge in [0.05, 0.1) is 22.8 Å². The van der Waals surface area contributed by atoms with Crippen LogP contribution in [0.4, 0.5) is 0 Å². The molecule has 2 rings (SSSR count). The molecule has 0 fully saturated rings. The second kappa shape index (κ2) is 5.69. The molecule has 0 aliphatic rings. The molecule has 20 heavy (non-hydrogen) atoms. The molecule has 0 spiro atoms. The van der Waals surface area contributed by atoms with Gasteiger partial charge in [0.15, 0.2) is 0 Å². The summed E-state index contributed by atoms with van der Waals surface area (Å²) in [5.41, 5.74) is 3.17. The fourth-order valence-electron chi connectivity index (χ4n) is 1.76. The first kappa shape index (κ1) is 14.0. The maximum absolute atomic E-state index is 11.9. The third-order valence-electron chi connectivity index (χ3n) is 3.04. The number of ether oxygens (including phenoxy) is 1. The number of phenols is 1. The highest BCUT2D eigenvalue weighted by atomic mass is 16.5. The van der Waals surface area contributed by atoms with Crippen molar-refractivity contribution < 1.29 is 14.6 Å². The first-order valence-corrected chi connectivity index (χ1v) is 6.25. The number of aromatic hydroxyl groups is 1. The lowest BCUT2D eigenvalue weighted by molar-refractivity contribution is 0.0463. The Labute approximate surface area is 117 Å². The quantitative estimate of drug-likeness (QED) is 0.869. The minimum Gasteiger partial charge on any atom is -0.507 e. The topological polar surface area (TPSA) is 72.3 Å². The summed E-state index contributed by atoms with van der Waals surface area (Å²) < 4.78 is 5.17. The third-order valence-corrected chi connectivity index (χ3v) is 3.04. The van der Waals surface area contributed by atoms with Crippen LogP contribution >= 0.6 is 0 Å². The summed E-state index contributed by atoms with van der Waals surface area (Å²) >= 11 is 0. The van der Waals surface area contributed by atoms with Crippen molar-refractivity contribution in [1.29, 1.82) is 0 Å². The first-order valence-electron chi connectivity index (χ1n) is 6.25. The van der Waals surface area contributed by atoms with Crippen LogP contribution in [0.15, 0.2) is 24.3 Å². The zero-order chi connectivity index (χ0) is 14.7. The van der Waals surface area contributed by atoms with E-state index in [-0.39, 0.29) is 17.9 Å². The standard InChI is InChI=1S/C15H16N2O3/c1-9-10(2)17-13(11(3)16-9)8-20-15(19)12-6-4-5-7-14(12)18/h4-7,18H,8H2,1-3H3. The van der Waals surface area contributed by atoms with E-state index in [9.17, 15) is 9.90 Å². The van der Waals surface area contributed by atoms with Crippen LogP contribution in [0.3, 0.4) is 0 Å². The second-order valence-electron chi connectivity index (χ2n) is 4.52. The van der Waals surface area contributed by atoms with Crippen molar-refractivity contribution in [2.75, 3.05) is 0 Å². The molecule has 0 radical (unpaired) electrons. The number of nitrogens with zero attached hydrogens (tertiary/aromatic N) is 2. The lowest BCUT2D eigenvalue weighted by Crippen LogP contribution is -2.09. The summed E-state index contributed by atoms with van der Waals surface area (Å²) in [6.07, 6.45) is 0. The van der Waals surface area contributed by atoms with Gasteiger partial charge in [-0.2, -0.15) is 0 Å². The van der Waals surface area contributed by atoms with Gasteiger partial charge in [0.1, 0.15) is 17.9 Å². The van der Waals surface area contributed by atoms with E-state index in [0.717, 1.165) is 17.1 Å². The maximum Gasteiger partial charge on any atom is 0.342 e. The average Bonchev–Trinajstić information content (AvgIpc) is 2.41. The summed E-state index contributed by atoms with van der Waals surface area (Å²) in [5, 5.41) is 9.58. The van der Waals surface area contributed by atoms with Crippen molar-refractivity contribution in [3.63, 3.8) is 0 Å². The first-order chi connectivity index (χ1) is 9.49. The predicted molar refractivity (Wildman–Crippen MR) is 73.5 cm³/mol. The van der Waals surface area contributed by atoms with Gasteiger partial charge in [-0.15, -0.1) is 0 Å². The van der Waals surface area contributed by atoms with Gasteiger partial charge in [-0.25, -0.2) is 4.79 Å². The number of carbonyl (C=O) groups excluding carboxylic acids is 1. The third kappa shape index (κ3) is 2.93. The van der Waals surface area contributed by atoms with E-state index in [0.29, 0.717) is 5.69 Å². The molecule has 0 saturated carbocycles. The van der Waals surface area contributed by atoms with Crippen LogP contribution in [0.1, 0.15) is 33.1 Å². The highest BCUT2D eigenvalue weighted by Gasteiger charge is 2.13. The summed E-state index contributed by atoms with van der Waals surface area (Å²) in [5.74, 6) is -0.678. The lowest BCUT2D eigenvalue weighted by Gasteiger charge is -2.09. The smallest absolute Gasteiger partial charge is 0.342 e. The number of aryl methyl sites for hydroxylation is 3. The maximum atomic E-state index is 11.9. The zero-order valence-electron chi connectivity index (χ0n) is 11.7. The zero-order valence-corrected chi connectivity index (χ0v) is 11.7. The fourth-order valence-corrected chi connectivity index (χ4v) is 1.76. The van der Waals surface area contributed by atoms with Crippen molar-refractivity contribution in [2.24, 2.45) is 0 Å². The summed E-state index contributed by atoms with van der Waals surface area (Å²) in [6.45, 7) is 5.60. The number of esters is 1. The van der Waals surface area contributed by atoms with Crippen LogP contribution in [0.25, 0.3) is 0 Å². The van der Waals surface area contributed by atoms with E-state index < -0.39 is 5.97 Å². The molecule has 0 bridgehead atoms. The van der Waals surface area contributed by atoms with E-state index in [1.165, 1.54) is 12.1 Å². The van der Waals surface area contributed by atoms with Crippen molar-refractivity contribution in [2.45, 2.75) is 27.4 Å². The van der Waals surface area contributed by atoms with E-state index in [1.54, 1.807) is 12.1 Å². The van der Waals surface area contributed by atoms with Crippen molar-refractivity contribution in [1.82, 2.24) is 9.97 Å². The fraction of sp³-hybridized carbons (Fsp3) is 0.267. The Hall–Kier alpha value is -2.43. The minimum absolute atomic E-state index is 0.0348. The Morgan fingerprint density at radius 1 is 1.10 bits per heavy atom. The molecule has 0 amide bonds. The molecule has 0 aliphatic carbocycles. The van der Waals surface area contributed by atoms with Gasteiger partial charge >= 0.3 is 5.97 Å². The van der Waals surface area contributed by atoms with Crippen molar-refractivity contribution in [3.05, 3.63) is 52.6 Å². The molecule has 0 unspecified atom stereocenters. The molecule has 2 aromatic rings. The van der Waals surface area contributed by atoms with Gasteiger partial charge in [0.2, 0.25) is 0 Å². The highest BCUT2D eigenvalue weighted by Crippen LogP contribution is 2.17. The molecular weight excluding hydrogens is 256 g/mol. The summed E-state index contributed by atoms with van der Waals surface area (Å²) in [4.78, 5) is 20.6. The Kier molecular flexibility index (Phi) is 3.98. The van der Waals surface area contributed by atoms with Crippen LogP contribution in [-0.4, -0.2) is 21.0 Å². The van der Waals surface area contributed by atoms with Crippen LogP contribution < -0.4 is 0 Å². The molecule has 0 aliphatic heterocycles. The van der Waals surface area contributed by atoms with Crippen LogP contribution in [-0.2, 0) is 11.3 Å². The number of phenolic OH excluding ortho intramolecular Hbond substituents is 1. The molecular formula is C15H16N2O3. The summed E-state index contributed by atoms with van der Waals surface area (Å²) in [7, 11) is 0. The molecule has 0 atom stereocenters. The number of benzene rings is 1. The number of hydrogen-bond acceptors (Lipinski definition) is 5. The van der Waals surface area contributed by atoms with Crippen molar-refractivity contribution >= 4 is 5.97 Å². The average molecular weight is 272 g/mol.